The summed E-state index contributed by atoms with van der Waals surface area (Å²) >= 11 is 0. The van der Waals surface area contributed by atoms with Crippen molar-refractivity contribution in [3.05, 3.63) is 30.1 Å². The Morgan fingerprint density at radius 1 is 1.29 bits per heavy atom. The molecule has 0 saturated carbocycles. The fourth-order valence-corrected chi connectivity index (χ4v) is 1.81. The van der Waals surface area contributed by atoms with Gasteiger partial charge in [0, 0.05) is 25.2 Å². The van der Waals surface area contributed by atoms with Gasteiger partial charge in [-0.15, -0.1) is 0 Å². The van der Waals surface area contributed by atoms with Crippen LogP contribution in [0.25, 0.3) is 0 Å². The second-order valence-corrected chi connectivity index (χ2v) is 4.94. The second-order valence-electron chi connectivity index (χ2n) is 4.94. The molecule has 0 spiro atoms. The first-order chi connectivity index (χ1) is 9.88. The zero-order valence-corrected chi connectivity index (χ0v) is 12.0. The van der Waals surface area contributed by atoms with Crippen LogP contribution in [-0.4, -0.2) is 28.0 Å². The van der Waals surface area contributed by atoms with Gasteiger partial charge >= 0.3 is 12.0 Å². The first kappa shape index (κ1) is 16.6. The van der Waals surface area contributed by atoms with E-state index in [1.807, 2.05) is 6.07 Å². The number of aromatic nitrogens is 1. The summed E-state index contributed by atoms with van der Waals surface area (Å²) in [5.74, 6) is -1.80. The van der Waals surface area contributed by atoms with Crippen LogP contribution in [0.4, 0.5) is 4.79 Å². The summed E-state index contributed by atoms with van der Waals surface area (Å²) in [7, 11) is 0. The van der Waals surface area contributed by atoms with E-state index >= 15 is 0 Å². The number of urea groups is 1. The summed E-state index contributed by atoms with van der Waals surface area (Å²) < 4.78 is 0. The molecule has 0 saturated heterocycles. The van der Waals surface area contributed by atoms with E-state index in [0.29, 0.717) is 0 Å². The van der Waals surface area contributed by atoms with Crippen molar-refractivity contribution in [1.29, 1.82) is 0 Å². The van der Waals surface area contributed by atoms with Gasteiger partial charge in [-0.3, -0.25) is 19.9 Å². The van der Waals surface area contributed by atoms with Crippen molar-refractivity contribution in [2.24, 2.45) is 5.92 Å². The van der Waals surface area contributed by atoms with Gasteiger partial charge in [0.05, 0.1) is 6.04 Å². The Balaban J connectivity index is 2.39. The van der Waals surface area contributed by atoms with Crippen molar-refractivity contribution in [3.8, 4) is 0 Å². The Hall–Kier alpha value is -2.44. The molecule has 0 aromatic carbocycles. The molecular weight excluding hydrogens is 274 g/mol. The predicted molar refractivity (Wildman–Crippen MR) is 75.4 cm³/mol. The van der Waals surface area contributed by atoms with Crippen LogP contribution in [0, 0.1) is 5.92 Å². The number of carbonyl (C=O) groups is 3. The van der Waals surface area contributed by atoms with Gasteiger partial charge in [0.15, 0.2) is 0 Å². The molecule has 0 aliphatic heterocycles. The lowest BCUT2D eigenvalue weighted by Gasteiger charge is -2.14. The molecule has 0 radical (unpaired) electrons. The lowest BCUT2D eigenvalue weighted by Crippen LogP contribution is -2.41. The molecule has 3 amide bonds. The van der Waals surface area contributed by atoms with Crippen molar-refractivity contribution in [3.63, 3.8) is 0 Å². The molecule has 1 aromatic heterocycles. The third kappa shape index (κ3) is 6.51. The van der Waals surface area contributed by atoms with Crippen molar-refractivity contribution >= 4 is 17.9 Å². The number of hydrogen-bond donors (Lipinski definition) is 3. The van der Waals surface area contributed by atoms with Gasteiger partial charge in [-0.25, -0.2) is 4.79 Å². The number of carbonyl (C=O) groups excluding carboxylic acids is 2. The van der Waals surface area contributed by atoms with Gasteiger partial charge in [-0.1, -0.05) is 13.0 Å². The van der Waals surface area contributed by atoms with Crippen molar-refractivity contribution in [1.82, 2.24) is 15.6 Å². The lowest BCUT2D eigenvalue weighted by atomic mass is 10.0. The van der Waals surface area contributed by atoms with Gasteiger partial charge in [0.1, 0.15) is 0 Å². The summed E-state index contributed by atoms with van der Waals surface area (Å²) in [5, 5.41) is 13.4. The van der Waals surface area contributed by atoms with E-state index in [9.17, 15) is 14.4 Å². The number of hydrogen-bond acceptors (Lipinski definition) is 4. The first-order valence-corrected chi connectivity index (χ1v) is 6.60. The van der Waals surface area contributed by atoms with E-state index in [-0.39, 0.29) is 24.8 Å². The minimum Gasteiger partial charge on any atom is -0.481 e. The van der Waals surface area contributed by atoms with Gasteiger partial charge in [-0.05, 0) is 24.5 Å². The lowest BCUT2D eigenvalue weighted by molar-refractivity contribution is -0.138. The van der Waals surface area contributed by atoms with Gasteiger partial charge in [0.2, 0.25) is 5.91 Å². The highest BCUT2D eigenvalue weighted by Gasteiger charge is 2.16. The van der Waals surface area contributed by atoms with Crippen LogP contribution in [0.15, 0.2) is 24.5 Å². The summed E-state index contributed by atoms with van der Waals surface area (Å²) in [6, 6.07) is 2.67. The van der Waals surface area contributed by atoms with Crippen LogP contribution in [0.1, 0.15) is 38.3 Å². The molecule has 3 N–H and O–H groups in total. The van der Waals surface area contributed by atoms with Crippen LogP contribution in [0.3, 0.4) is 0 Å². The number of amides is 3. The molecule has 0 aliphatic rings. The SMILES string of the molecule is CC(CC(=O)O)CC(=O)NC(=O)NC(C)c1cccnc1. The van der Waals surface area contributed by atoms with Crippen LogP contribution in [0.5, 0.6) is 0 Å². The van der Waals surface area contributed by atoms with Crippen molar-refractivity contribution < 1.29 is 19.5 Å². The van der Waals surface area contributed by atoms with Crippen molar-refractivity contribution in [2.75, 3.05) is 0 Å². The van der Waals surface area contributed by atoms with Crippen molar-refractivity contribution in [2.45, 2.75) is 32.7 Å². The maximum absolute atomic E-state index is 11.7. The van der Waals surface area contributed by atoms with E-state index < -0.39 is 17.9 Å². The number of nitrogens with zero attached hydrogens (tertiary/aromatic N) is 1. The molecule has 0 aliphatic carbocycles. The molecule has 0 bridgehead atoms. The third-order valence-corrected chi connectivity index (χ3v) is 2.84. The van der Waals surface area contributed by atoms with E-state index in [2.05, 4.69) is 15.6 Å². The van der Waals surface area contributed by atoms with E-state index in [0.717, 1.165) is 5.56 Å². The number of carboxylic acid groups (broad SMARTS) is 1. The van der Waals surface area contributed by atoms with E-state index in [4.69, 9.17) is 5.11 Å². The van der Waals surface area contributed by atoms with Crippen LogP contribution in [-0.2, 0) is 9.59 Å². The van der Waals surface area contributed by atoms with Gasteiger partial charge in [-0.2, -0.15) is 0 Å². The zero-order chi connectivity index (χ0) is 15.8. The van der Waals surface area contributed by atoms with Crippen LogP contribution >= 0.6 is 0 Å². The Morgan fingerprint density at radius 2 is 2.00 bits per heavy atom. The largest absolute Gasteiger partial charge is 0.481 e. The number of pyridine rings is 1. The molecular formula is C14H19N3O4. The standard InChI is InChI=1S/C14H19N3O4/c1-9(7-13(19)20)6-12(18)17-14(21)16-10(2)11-4-3-5-15-8-11/h3-5,8-10H,6-7H2,1-2H3,(H,19,20)(H2,16,17,18,21). The Bertz CT molecular complexity index is 504. The average molecular weight is 293 g/mol. The molecule has 2 unspecified atom stereocenters. The van der Waals surface area contributed by atoms with Gasteiger partial charge in [0.25, 0.3) is 0 Å². The van der Waals surface area contributed by atoms with Gasteiger partial charge < -0.3 is 10.4 Å². The molecule has 1 heterocycles. The molecule has 1 rings (SSSR count). The first-order valence-electron chi connectivity index (χ1n) is 6.60. The predicted octanol–water partition coefficient (Wildman–Crippen LogP) is 1.47. The molecule has 0 fully saturated rings. The Kier molecular flexibility index (Phi) is 6.32. The number of rotatable bonds is 6. The topological polar surface area (TPSA) is 108 Å². The van der Waals surface area contributed by atoms with E-state index in [1.54, 1.807) is 32.3 Å². The highest BCUT2D eigenvalue weighted by Crippen LogP contribution is 2.10. The normalized spacial score (nSPS) is 13.0. The number of nitrogens with one attached hydrogen (secondary N) is 2. The molecule has 21 heavy (non-hydrogen) atoms. The second kappa shape index (κ2) is 7.98. The molecule has 114 valence electrons. The molecule has 2 atom stereocenters. The minimum absolute atomic E-state index is 0.0129. The van der Waals surface area contributed by atoms with Crippen LogP contribution in [0.2, 0.25) is 0 Å². The Labute approximate surface area is 122 Å². The molecule has 1 aromatic rings. The number of carboxylic acids is 1. The summed E-state index contributed by atoms with van der Waals surface area (Å²) in [6.07, 6.45) is 3.13. The Morgan fingerprint density at radius 3 is 2.57 bits per heavy atom. The summed E-state index contributed by atoms with van der Waals surface area (Å²) in [6.45, 7) is 3.41. The summed E-state index contributed by atoms with van der Waals surface area (Å²) in [4.78, 5) is 37.7. The molecule has 7 heteroatoms. The number of imide groups is 1. The average Bonchev–Trinajstić information content (AvgIpc) is 2.37. The van der Waals surface area contributed by atoms with E-state index in [1.165, 1.54) is 0 Å². The van der Waals surface area contributed by atoms with Crippen LogP contribution < -0.4 is 10.6 Å². The maximum atomic E-state index is 11.7. The fourth-order valence-electron chi connectivity index (χ4n) is 1.81. The highest BCUT2D eigenvalue weighted by molar-refractivity contribution is 5.94. The fraction of sp³-hybridized carbons (Fsp3) is 0.429. The number of aliphatic carboxylic acids is 1. The highest BCUT2D eigenvalue weighted by atomic mass is 16.4. The minimum atomic E-state index is -0.968. The monoisotopic (exact) mass is 293 g/mol. The zero-order valence-electron chi connectivity index (χ0n) is 12.0. The third-order valence-electron chi connectivity index (χ3n) is 2.84. The maximum Gasteiger partial charge on any atom is 0.321 e. The quantitative estimate of drug-likeness (QED) is 0.736. The summed E-state index contributed by atoms with van der Waals surface area (Å²) in [5.41, 5.74) is 0.819. The molecule has 7 nitrogen and oxygen atoms in total. The smallest absolute Gasteiger partial charge is 0.321 e.